The first-order valence-electron chi connectivity index (χ1n) is 10.8. The Bertz CT molecular complexity index is 1060. The number of nitrogens with one attached hydrogen (secondary N) is 2. The van der Waals surface area contributed by atoms with Crippen molar-refractivity contribution in [1.82, 2.24) is 19.8 Å². The molecule has 0 spiro atoms. The molecule has 0 radical (unpaired) electrons. The fourth-order valence-corrected chi connectivity index (χ4v) is 3.19. The van der Waals surface area contributed by atoms with E-state index in [2.05, 4.69) is 15.6 Å². The zero-order valence-electron chi connectivity index (χ0n) is 19.5. The van der Waals surface area contributed by atoms with Crippen LogP contribution in [0.1, 0.15) is 20.8 Å². The summed E-state index contributed by atoms with van der Waals surface area (Å²) in [6.07, 6.45) is 1.88. The van der Waals surface area contributed by atoms with Crippen molar-refractivity contribution < 1.29 is 14.3 Å². The van der Waals surface area contributed by atoms with E-state index in [9.17, 15) is 9.59 Å². The summed E-state index contributed by atoms with van der Waals surface area (Å²) in [6, 6.07) is 19.1. The molecule has 0 bridgehead atoms. The number of carbonyl (C=O) groups is 2. The van der Waals surface area contributed by atoms with Gasteiger partial charge in [0.15, 0.2) is 0 Å². The number of hydrogen-bond donors (Lipinski definition) is 2. The van der Waals surface area contributed by atoms with E-state index in [-0.39, 0.29) is 25.0 Å². The predicted octanol–water partition coefficient (Wildman–Crippen LogP) is 3.93. The summed E-state index contributed by atoms with van der Waals surface area (Å²) in [5, 5.41) is 5.77. The lowest BCUT2D eigenvalue weighted by Gasteiger charge is -2.28. The molecule has 3 rings (SSSR count). The van der Waals surface area contributed by atoms with Crippen LogP contribution in [0.25, 0.3) is 16.9 Å². The van der Waals surface area contributed by atoms with Gasteiger partial charge >= 0.3 is 6.03 Å². The molecule has 0 unspecified atom stereocenters. The van der Waals surface area contributed by atoms with E-state index >= 15 is 0 Å². The summed E-state index contributed by atoms with van der Waals surface area (Å²) < 4.78 is 6.94. The van der Waals surface area contributed by atoms with Crippen molar-refractivity contribution in [3.8, 4) is 16.9 Å². The van der Waals surface area contributed by atoms with Crippen LogP contribution >= 0.6 is 0 Å². The Kier molecular flexibility index (Phi) is 7.84. The Hall–Kier alpha value is -3.65. The van der Waals surface area contributed by atoms with E-state index in [0.717, 1.165) is 16.9 Å². The topological polar surface area (TPSA) is 88.5 Å². The minimum atomic E-state index is -0.424. The molecule has 0 saturated heterocycles. The van der Waals surface area contributed by atoms with Gasteiger partial charge in [-0.15, -0.1) is 0 Å². The maximum absolute atomic E-state index is 13.0. The van der Waals surface area contributed by atoms with E-state index in [1.165, 1.54) is 4.90 Å². The minimum Gasteiger partial charge on any atom is -0.383 e. The fourth-order valence-electron chi connectivity index (χ4n) is 3.19. The third-order valence-electron chi connectivity index (χ3n) is 4.73. The van der Waals surface area contributed by atoms with E-state index in [1.807, 2.05) is 92.2 Å². The Morgan fingerprint density at radius 3 is 2.27 bits per heavy atom. The van der Waals surface area contributed by atoms with Gasteiger partial charge in [0.2, 0.25) is 11.9 Å². The van der Waals surface area contributed by atoms with Gasteiger partial charge < -0.3 is 15.0 Å². The van der Waals surface area contributed by atoms with Gasteiger partial charge in [0.25, 0.3) is 0 Å². The van der Waals surface area contributed by atoms with Crippen molar-refractivity contribution in [3.63, 3.8) is 0 Å². The van der Waals surface area contributed by atoms with E-state index < -0.39 is 5.54 Å². The molecular weight excluding hydrogens is 418 g/mol. The summed E-state index contributed by atoms with van der Waals surface area (Å²) in [5.41, 5.74) is 2.11. The van der Waals surface area contributed by atoms with Crippen LogP contribution in [-0.4, -0.2) is 58.7 Å². The maximum atomic E-state index is 13.0. The number of carbonyl (C=O) groups excluding carboxylic acids is 2. The van der Waals surface area contributed by atoms with Crippen molar-refractivity contribution >= 4 is 17.9 Å². The summed E-state index contributed by atoms with van der Waals surface area (Å²) in [7, 11) is 1.56. The van der Waals surface area contributed by atoms with Gasteiger partial charge in [0, 0.05) is 36.6 Å². The lowest BCUT2D eigenvalue weighted by molar-refractivity contribution is -0.117. The van der Waals surface area contributed by atoms with Crippen molar-refractivity contribution in [3.05, 3.63) is 66.9 Å². The standard InChI is InChI=1S/C25H31N5O3/c1-25(2,3)28-24(32)29(15-16-33-4)18-22(31)27-23-26-21(19-11-7-5-8-12-19)17-30(23)20-13-9-6-10-14-20/h5-14,17H,15-16,18H2,1-4H3,(H,28,32)(H,26,27,31). The number of methoxy groups -OCH3 is 1. The maximum Gasteiger partial charge on any atom is 0.318 e. The molecule has 2 N–H and O–H groups in total. The molecule has 1 heterocycles. The molecule has 33 heavy (non-hydrogen) atoms. The van der Waals surface area contributed by atoms with Crippen LogP contribution in [0.3, 0.4) is 0 Å². The van der Waals surface area contributed by atoms with Crippen LogP contribution in [0.15, 0.2) is 66.9 Å². The number of ether oxygens (including phenoxy) is 1. The highest BCUT2D eigenvalue weighted by Gasteiger charge is 2.23. The number of imidazole rings is 1. The second-order valence-corrected chi connectivity index (χ2v) is 8.66. The van der Waals surface area contributed by atoms with Gasteiger partial charge in [0.1, 0.15) is 6.54 Å². The molecule has 3 aromatic rings. The highest BCUT2D eigenvalue weighted by atomic mass is 16.5. The van der Waals surface area contributed by atoms with Gasteiger partial charge in [0.05, 0.1) is 12.3 Å². The van der Waals surface area contributed by atoms with E-state index in [1.54, 1.807) is 7.11 Å². The van der Waals surface area contributed by atoms with Gasteiger partial charge in [-0.3, -0.25) is 14.7 Å². The second kappa shape index (κ2) is 10.8. The van der Waals surface area contributed by atoms with Crippen LogP contribution in [0.4, 0.5) is 10.7 Å². The minimum absolute atomic E-state index is 0.131. The Morgan fingerprint density at radius 2 is 1.67 bits per heavy atom. The van der Waals surface area contributed by atoms with Gasteiger partial charge in [-0.25, -0.2) is 9.78 Å². The quantitative estimate of drug-likeness (QED) is 0.545. The lowest BCUT2D eigenvalue weighted by atomic mass is 10.1. The molecule has 1 aromatic heterocycles. The number of benzene rings is 2. The third-order valence-corrected chi connectivity index (χ3v) is 4.73. The van der Waals surface area contributed by atoms with Gasteiger partial charge in [-0.1, -0.05) is 48.5 Å². The first kappa shape index (κ1) is 24.0. The summed E-state index contributed by atoms with van der Waals surface area (Å²) in [5.74, 6) is 0.0329. The van der Waals surface area contributed by atoms with Crippen LogP contribution < -0.4 is 10.6 Å². The van der Waals surface area contributed by atoms with Crippen molar-refractivity contribution in [1.29, 1.82) is 0 Å². The lowest BCUT2D eigenvalue weighted by Crippen LogP contribution is -2.51. The molecule has 0 atom stereocenters. The number of urea groups is 1. The van der Waals surface area contributed by atoms with Crippen molar-refractivity contribution in [2.45, 2.75) is 26.3 Å². The first-order valence-corrected chi connectivity index (χ1v) is 10.8. The van der Waals surface area contributed by atoms with E-state index in [4.69, 9.17) is 4.74 Å². The molecule has 0 aliphatic rings. The molecule has 0 aliphatic heterocycles. The largest absolute Gasteiger partial charge is 0.383 e. The van der Waals surface area contributed by atoms with Crippen molar-refractivity contribution in [2.75, 3.05) is 32.1 Å². The third kappa shape index (κ3) is 6.92. The first-order chi connectivity index (χ1) is 15.8. The number of nitrogens with zero attached hydrogens (tertiary/aromatic N) is 3. The zero-order chi connectivity index (χ0) is 23.8. The number of hydrogen-bond acceptors (Lipinski definition) is 4. The SMILES string of the molecule is COCCN(CC(=O)Nc1nc(-c2ccccc2)cn1-c1ccccc1)C(=O)NC(C)(C)C. The molecular formula is C25H31N5O3. The molecule has 0 aliphatic carbocycles. The molecule has 0 saturated carbocycles. The van der Waals surface area contributed by atoms with Crippen LogP contribution in [-0.2, 0) is 9.53 Å². The highest BCUT2D eigenvalue weighted by molar-refractivity contribution is 5.93. The van der Waals surface area contributed by atoms with Crippen LogP contribution in [0, 0.1) is 0 Å². The molecule has 8 nitrogen and oxygen atoms in total. The average Bonchev–Trinajstić information content (AvgIpc) is 3.20. The van der Waals surface area contributed by atoms with Gasteiger partial charge in [-0.05, 0) is 32.9 Å². The molecule has 8 heteroatoms. The van der Waals surface area contributed by atoms with E-state index in [0.29, 0.717) is 12.6 Å². The summed E-state index contributed by atoms with van der Waals surface area (Å²) in [4.78, 5) is 31.7. The number of anilines is 1. The number of aromatic nitrogens is 2. The predicted molar refractivity (Wildman–Crippen MR) is 129 cm³/mol. The molecule has 3 amide bonds. The molecule has 2 aromatic carbocycles. The van der Waals surface area contributed by atoms with Gasteiger partial charge in [-0.2, -0.15) is 0 Å². The Balaban J connectivity index is 1.83. The van der Waals surface area contributed by atoms with Crippen LogP contribution in [0.5, 0.6) is 0 Å². The zero-order valence-corrected chi connectivity index (χ0v) is 19.5. The Morgan fingerprint density at radius 1 is 1.03 bits per heavy atom. The highest BCUT2D eigenvalue weighted by Crippen LogP contribution is 2.24. The molecule has 174 valence electrons. The van der Waals surface area contributed by atoms with Crippen LogP contribution in [0.2, 0.25) is 0 Å². The number of rotatable bonds is 8. The van der Waals surface area contributed by atoms with Crippen molar-refractivity contribution in [2.24, 2.45) is 0 Å². The molecule has 0 fully saturated rings. The average molecular weight is 450 g/mol. The normalized spacial score (nSPS) is 11.2. The summed E-state index contributed by atoms with van der Waals surface area (Å²) in [6.45, 7) is 6.15. The summed E-state index contributed by atoms with van der Waals surface area (Å²) >= 11 is 0. The number of amides is 3. The monoisotopic (exact) mass is 449 g/mol. The second-order valence-electron chi connectivity index (χ2n) is 8.66. The fraction of sp³-hybridized carbons (Fsp3) is 0.320. The smallest absolute Gasteiger partial charge is 0.318 e. The number of para-hydroxylation sites is 1. The Labute approximate surface area is 194 Å².